The Hall–Kier alpha value is -1.57. The quantitative estimate of drug-likeness (QED) is 0.800. The molecule has 3 N–H and O–H groups in total. The molecule has 8 heteroatoms. The summed E-state index contributed by atoms with van der Waals surface area (Å²) in [6.45, 7) is 0. The van der Waals surface area contributed by atoms with E-state index >= 15 is 0 Å². The first kappa shape index (κ1) is 12.9. The van der Waals surface area contributed by atoms with Gasteiger partial charge in [0, 0.05) is 6.04 Å². The zero-order valence-corrected chi connectivity index (χ0v) is 10.9. The molecular weight excluding hydrogens is 256 g/mol. The maximum absolute atomic E-state index is 11.5. The van der Waals surface area contributed by atoms with Crippen molar-refractivity contribution >= 4 is 21.3 Å². The fraction of sp³-hybridized carbons (Fsp3) is 0.600. The SMILES string of the molecule is COc1ncnc(NC2CCCS(=O)(=O)C2)c1N. The Labute approximate surface area is 106 Å². The topological polar surface area (TPSA) is 107 Å². The van der Waals surface area contributed by atoms with Gasteiger partial charge >= 0.3 is 0 Å². The van der Waals surface area contributed by atoms with Crippen molar-refractivity contribution in [1.29, 1.82) is 0 Å². The maximum atomic E-state index is 11.5. The van der Waals surface area contributed by atoms with Crippen molar-refractivity contribution in [2.24, 2.45) is 0 Å². The average molecular weight is 272 g/mol. The third kappa shape index (κ3) is 2.81. The minimum atomic E-state index is -2.96. The predicted octanol–water partition coefficient (Wildman–Crippen LogP) is 0.0565. The lowest BCUT2D eigenvalue weighted by molar-refractivity contribution is 0.399. The van der Waals surface area contributed by atoms with Gasteiger partial charge in [-0.25, -0.2) is 13.4 Å². The lowest BCUT2D eigenvalue weighted by atomic mass is 10.2. The Morgan fingerprint density at radius 2 is 2.28 bits per heavy atom. The Balaban J connectivity index is 2.14. The second kappa shape index (κ2) is 4.97. The van der Waals surface area contributed by atoms with Crippen LogP contribution in [0.25, 0.3) is 0 Å². The summed E-state index contributed by atoms with van der Waals surface area (Å²) in [5.41, 5.74) is 6.11. The summed E-state index contributed by atoms with van der Waals surface area (Å²) >= 11 is 0. The van der Waals surface area contributed by atoms with Crippen LogP contribution in [-0.2, 0) is 9.84 Å². The van der Waals surface area contributed by atoms with E-state index in [1.54, 1.807) is 0 Å². The lowest BCUT2D eigenvalue weighted by Crippen LogP contribution is -2.35. The van der Waals surface area contributed by atoms with Crippen molar-refractivity contribution in [2.45, 2.75) is 18.9 Å². The number of ether oxygens (including phenoxy) is 1. The molecule has 2 rings (SSSR count). The molecule has 1 fully saturated rings. The van der Waals surface area contributed by atoms with Crippen LogP contribution in [0.15, 0.2) is 6.33 Å². The summed E-state index contributed by atoms with van der Waals surface area (Å²) in [5, 5.41) is 3.04. The van der Waals surface area contributed by atoms with Crippen molar-refractivity contribution in [3.05, 3.63) is 6.33 Å². The molecule has 0 spiro atoms. The molecular formula is C10H16N4O3S. The molecule has 1 aliphatic heterocycles. The van der Waals surface area contributed by atoms with Crippen LogP contribution in [0.5, 0.6) is 5.88 Å². The zero-order chi connectivity index (χ0) is 13.2. The Bertz CT molecular complexity index is 532. The van der Waals surface area contributed by atoms with Gasteiger partial charge in [-0.3, -0.25) is 0 Å². The average Bonchev–Trinajstić information content (AvgIpc) is 2.31. The highest BCUT2D eigenvalue weighted by molar-refractivity contribution is 7.91. The van der Waals surface area contributed by atoms with Crippen LogP contribution in [0.1, 0.15) is 12.8 Å². The fourth-order valence-electron chi connectivity index (χ4n) is 1.99. The van der Waals surface area contributed by atoms with Crippen molar-refractivity contribution in [1.82, 2.24) is 9.97 Å². The normalized spacial score (nSPS) is 22.4. The maximum Gasteiger partial charge on any atom is 0.242 e. The van der Waals surface area contributed by atoms with Crippen LogP contribution in [0, 0.1) is 0 Å². The number of nitrogens with two attached hydrogens (primary N) is 1. The summed E-state index contributed by atoms with van der Waals surface area (Å²) in [5.74, 6) is 1.07. The van der Waals surface area contributed by atoms with Crippen molar-refractivity contribution in [3.63, 3.8) is 0 Å². The number of nitrogens with one attached hydrogen (secondary N) is 1. The van der Waals surface area contributed by atoms with E-state index in [4.69, 9.17) is 10.5 Å². The second-order valence-electron chi connectivity index (χ2n) is 4.24. The summed E-state index contributed by atoms with van der Waals surface area (Å²) in [4.78, 5) is 7.87. The van der Waals surface area contributed by atoms with E-state index in [-0.39, 0.29) is 23.4 Å². The first-order chi connectivity index (χ1) is 8.52. The molecule has 100 valence electrons. The molecule has 0 aromatic carbocycles. The van der Waals surface area contributed by atoms with E-state index in [9.17, 15) is 8.42 Å². The molecule has 1 aromatic rings. The van der Waals surface area contributed by atoms with Crippen LogP contribution < -0.4 is 15.8 Å². The first-order valence-corrected chi connectivity index (χ1v) is 7.45. The standard InChI is InChI=1S/C10H16N4O3S/c1-17-10-8(11)9(12-6-13-10)14-7-3-2-4-18(15,16)5-7/h6-7H,2-5,11H2,1H3,(H,12,13,14). The van der Waals surface area contributed by atoms with Gasteiger partial charge in [0.25, 0.3) is 0 Å². The van der Waals surface area contributed by atoms with Gasteiger partial charge in [0.05, 0.1) is 18.6 Å². The Morgan fingerprint density at radius 1 is 1.50 bits per heavy atom. The van der Waals surface area contributed by atoms with Gasteiger partial charge in [0.15, 0.2) is 15.7 Å². The van der Waals surface area contributed by atoms with Crippen molar-refractivity contribution in [2.75, 3.05) is 29.7 Å². The van der Waals surface area contributed by atoms with Gasteiger partial charge in [-0.2, -0.15) is 4.98 Å². The number of hydrogen-bond acceptors (Lipinski definition) is 7. The highest BCUT2D eigenvalue weighted by atomic mass is 32.2. The lowest BCUT2D eigenvalue weighted by Gasteiger charge is -2.24. The van der Waals surface area contributed by atoms with Crippen molar-refractivity contribution < 1.29 is 13.2 Å². The molecule has 7 nitrogen and oxygen atoms in total. The number of nitrogen functional groups attached to an aromatic ring is 1. The van der Waals surface area contributed by atoms with Crippen LogP contribution in [0.2, 0.25) is 0 Å². The molecule has 1 aliphatic rings. The molecule has 0 radical (unpaired) electrons. The number of hydrogen-bond donors (Lipinski definition) is 2. The number of aromatic nitrogens is 2. The summed E-state index contributed by atoms with van der Waals surface area (Å²) < 4.78 is 28.0. The third-order valence-corrected chi connectivity index (χ3v) is 4.67. The minimum Gasteiger partial charge on any atom is -0.479 e. The number of sulfone groups is 1. The molecule has 18 heavy (non-hydrogen) atoms. The van der Waals surface area contributed by atoms with Crippen LogP contribution in [0.3, 0.4) is 0 Å². The molecule has 1 atom stereocenters. The summed E-state index contributed by atoms with van der Waals surface area (Å²) in [7, 11) is -1.49. The summed E-state index contributed by atoms with van der Waals surface area (Å²) in [6, 6.07) is -0.161. The fourth-order valence-corrected chi connectivity index (χ4v) is 3.62. The molecule has 0 bridgehead atoms. The van der Waals surface area contributed by atoms with Crippen molar-refractivity contribution in [3.8, 4) is 5.88 Å². The third-order valence-electron chi connectivity index (χ3n) is 2.84. The molecule has 1 aromatic heterocycles. The van der Waals surface area contributed by atoms with E-state index in [0.717, 1.165) is 6.42 Å². The smallest absolute Gasteiger partial charge is 0.242 e. The molecule has 0 amide bonds. The Kier molecular flexibility index (Phi) is 3.55. The number of anilines is 2. The minimum absolute atomic E-state index is 0.110. The van der Waals surface area contributed by atoms with E-state index in [2.05, 4.69) is 15.3 Å². The molecule has 2 heterocycles. The van der Waals surface area contributed by atoms with E-state index in [1.165, 1.54) is 13.4 Å². The number of nitrogens with zero attached hydrogens (tertiary/aromatic N) is 2. The van der Waals surface area contributed by atoms with Gasteiger partial charge in [0.2, 0.25) is 5.88 Å². The monoisotopic (exact) mass is 272 g/mol. The number of methoxy groups -OCH3 is 1. The highest BCUT2D eigenvalue weighted by Gasteiger charge is 2.25. The van der Waals surface area contributed by atoms with Crippen LogP contribution in [0.4, 0.5) is 11.5 Å². The molecule has 0 saturated carbocycles. The Morgan fingerprint density at radius 3 is 2.94 bits per heavy atom. The van der Waals surface area contributed by atoms with Crippen LogP contribution >= 0.6 is 0 Å². The van der Waals surface area contributed by atoms with Gasteiger partial charge in [-0.15, -0.1) is 0 Å². The zero-order valence-electron chi connectivity index (χ0n) is 10.1. The summed E-state index contributed by atoms with van der Waals surface area (Å²) in [6.07, 6.45) is 2.77. The van der Waals surface area contributed by atoms with Gasteiger partial charge in [-0.1, -0.05) is 0 Å². The van der Waals surface area contributed by atoms with Gasteiger partial charge in [-0.05, 0) is 12.8 Å². The van der Waals surface area contributed by atoms with Gasteiger partial charge < -0.3 is 15.8 Å². The van der Waals surface area contributed by atoms with Gasteiger partial charge in [0.1, 0.15) is 12.0 Å². The van der Waals surface area contributed by atoms with E-state index in [1.807, 2.05) is 0 Å². The van der Waals surface area contributed by atoms with E-state index < -0.39 is 9.84 Å². The molecule has 1 unspecified atom stereocenters. The molecule has 0 aliphatic carbocycles. The highest BCUT2D eigenvalue weighted by Crippen LogP contribution is 2.26. The van der Waals surface area contributed by atoms with E-state index in [0.29, 0.717) is 17.9 Å². The molecule has 1 saturated heterocycles. The largest absolute Gasteiger partial charge is 0.479 e. The number of rotatable bonds is 3. The predicted molar refractivity (Wildman–Crippen MR) is 68.3 cm³/mol. The first-order valence-electron chi connectivity index (χ1n) is 5.63. The van der Waals surface area contributed by atoms with Crippen LogP contribution in [-0.4, -0.2) is 43.0 Å². The second-order valence-corrected chi connectivity index (χ2v) is 6.47.